The second-order valence-corrected chi connectivity index (χ2v) is 5.76. The number of fused-ring (bicyclic) bond motifs is 1. The van der Waals surface area contributed by atoms with Crippen LogP contribution in [0, 0.1) is 5.92 Å². The Kier molecular flexibility index (Phi) is 3.69. The van der Waals surface area contributed by atoms with Crippen molar-refractivity contribution in [1.82, 2.24) is 14.8 Å². The molecule has 4 nitrogen and oxygen atoms in total. The van der Waals surface area contributed by atoms with Crippen LogP contribution in [0.5, 0.6) is 0 Å². The highest BCUT2D eigenvalue weighted by Gasteiger charge is 2.38. The molecule has 0 saturated carbocycles. The molecule has 2 aliphatic rings. The normalized spacial score (nSPS) is 26.0. The number of nitrogens with zero attached hydrogens (tertiary/aromatic N) is 2. The minimum atomic E-state index is -4.33. The number of hydrogen-bond acceptors (Lipinski definition) is 2. The maximum Gasteiger partial charge on any atom is 0.406 e. The van der Waals surface area contributed by atoms with Gasteiger partial charge < -0.3 is 14.8 Å². The average Bonchev–Trinajstić information content (AvgIpc) is 3.03. The molecule has 2 unspecified atom stereocenters. The summed E-state index contributed by atoms with van der Waals surface area (Å²) in [4.78, 5) is 14.4. The van der Waals surface area contributed by atoms with E-state index in [1.54, 1.807) is 4.90 Å². The first-order valence-electron chi connectivity index (χ1n) is 7.19. The number of carbonyl (C=O) groups is 1. The predicted molar refractivity (Wildman–Crippen MR) is 70.9 cm³/mol. The van der Waals surface area contributed by atoms with Crippen molar-refractivity contribution >= 4 is 5.91 Å². The van der Waals surface area contributed by atoms with Gasteiger partial charge in [0.2, 0.25) is 0 Å². The predicted octanol–water partition coefficient (Wildman–Crippen LogP) is 1.87. The van der Waals surface area contributed by atoms with E-state index in [1.165, 1.54) is 18.3 Å². The lowest BCUT2D eigenvalue weighted by Crippen LogP contribution is -2.48. The number of rotatable bonds is 2. The number of halogens is 3. The second kappa shape index (κ2) is 5.36. The van der Waals surface area contributed by atoms with Crippen molar-refractivity contribution in [2.75, 3.05) is 19.6 Å². The molecule has 2 atom stereocenters. The van der Waals surface area contributed by atoms with Crippen LogP contribution in [0.2, 0.25) is 0 Å². The Hall–Kier alpha value is -1.50. The molecular formula is C14H18F3N3O. The fourth-order valence-electron chi connectivity index (χ4n) is 3.41. The highest BCUT2D eigenvalue weighted by Crippen LogP contribution is 2.28. The van der Waals surface area contributed by atoms with Crippen LogP contribution in [0.4, 0.5) is 13.2 Å². The van der Waals surface area contributed by atoms with Crippen molar-refractivity contribution in [3.8, 4) is 0 Å². The molecule has 1 amide bonds. The van der Waals surface area contributed by atoms with Crippen molar-refractivity contribution in [2.24, 2.45) is 5.92 Å². The van der Waals surface area contributed by atoms with Gasteiger partial charge in [-0.25, -0.2) is 0 Å². The number of nitrogens with one attached hydrogen (secondary N) is 1. The van der Waals surface area contributed by atoms with Crippen molar-refractivity contribution < 1.29 is 18.0 Å². The number of hydrogen-bond donors (Lipinski definition) is 1. The van der Waals surface area contributed by atoms with E-state index in [-0.39, 0.29) is 17.6 Å². The number of likely N-dealkylation sites (tertiary alicyclic amines) is 1. The molecule has 2 fully saturated rings. The summed E-state index contributed by atoms with van der Waals surface area (Å²) in [6.07, 6.45) is -1.03. The Morgan fingerprint density at radius 2 is 2.19 bits per heavy atom. The summed E-state index contributed by atoms with van der Waals surface area (Å²) in [5.74, 6) is 0.136. The van der Waals surface area contributed by atoms with Crippen LogP contribution >= 0.6 is 0 Å². The van der Waals surface area contributed by atoms with E-state index in [4.69, 9.17) is 0 Å². The topological polar surface area (TPSA) is 37.3 Å². The Bertz CT molecular complexity index is 526. The van der Waals surface area contributed by atoms with Crippen LogP contribution in [-0.4, -0.2) is 47.2 Å². The summed E-state index contributed by atoms with van der Waals surface area (Å²) in [6, 6.07) is 3.08. The van der Waals surface area contributed by atoms with Gasteiger partial charge in [0.05, 0.1) is 0 Å². The molecule has 2 saturated heterocycles. The van der Waals surface area contributed by atoms with Crippen LogP contribution in [0.3, 0.4) is 0 Å². The lowest BCUT2D eigenvalue weighted by Gasteiger charge is -2.37. The molecular weight excluding hydrogens is 283 g/mol. The largest absolute Gasteiger partial charge is 0.406 e. The van der Waals surface area contributed by atoms with Gasteiger partial charge >= 0.3 is 6.18 Å². The maximum atomic E-state index is 12.6. The third kappa shape index (κ3) is 2.92. The van der Waals surface area contributed by atoms with Crippen LogP contribution < -0.4 is 5.32 Å². The minimum absolute atomic E-state index is 0.112. The summed E-state index contributed by atoms with van der Waals surface area (Å²) in [6.45, 7) is 1.12. The van der Waals surface area contributed by atoms with Crippen LogP contribution in [0.15, 0.2) is 18.3 Å². The molecule has 0 spiro atoms. The molecule has 3 heterocycles. The van der Waals surface area contributed by atoms with E-state index in [1.807, 2.05) is 0 Å². The van der Waals surface area contributed by atoms with Gasteiger partial charge in [-0.05, 0) is 30.9 Å². The smallest absolute Gasteiger partial charge is 0.334 e. The standard InChI is InChI=1S/C14H18F3N3O/c15-14(16,17)9-19-5-2-4-11(19)13(21)20-6-1-3-10-7-18-8-12(10)20/h2,4-5,10,12,18H,1,3,6-9H2. The van der Waals surface area contributed by atoms with Gasteiger partial charge in [0.15, 0.2) is 0 Å². The van der Waals surface area contributed by atoms with Gasteiger partial charge in [0.25, 0.3) is 5.91 Å². The zero-order valence-electron chi connectivity index (χ0n) is 11.6. The first-order chi connectivity index (χ1) is 9.96. The fourth-order valence-corrected chi connectivity index (χ4v) is 3.41. The molecule has 21 heavy (non-hydrogen) atoms. The molecule has 2 aliphatic heterocycles. The van der Waals surface area contributed by atoms with Crippen LogP contribution in [0.25, 0.3) is 0 Å². The molecule has 1 N–H and O–H groups in total. The third-order valence-corrected chi connectivity index (χ3v) is 4.34. The Labute approximate surface area is 120 Å². The SMILES string of the molecule is O=C(c1cccn1CC(F)(F)F)N1CCCC2CNCC21. The number of piperidine rings is 1. The Balaban J connectivity index is 1.80. The number of aromatic nitrogens is 1. The van der Waals surface area contributed by atoms with Crippen molar-refractivity contribution in [3.63, 3.8) is 0 Å². The van der Waals surface area contributed by atoms with Crippen LogP contribution in [0.1, 0.15) is 23.3 Å². The van der Waals surface area contributed by atoms with Crippen molar-refractivity contribution in [1.29, 1.82) is 0 Å². The highest BCUT2D eigenvalue weighted by molar-refractivity contribution is 5.93. The zero-order valence-corrected chi connectivity index (χ0v) is 11.6. The number of alkyl halides is 3. The molecule has 0 radical (unpaired) electrons. The third-order valence-electron chi connectivity index (χ3n) is 4.34. The van der Waals surface area contributed by atoms with Gasteiger partial charge in [-0.1, -0.05) is 0 Å². The van der Waals surface area contributed by atoms with E-state index < -0.39 is 12.7 Å². The molecule has 1 aromatic heterocycles. The lowest BCUT2D eigenvalue weighted by molar-refractivity contribution is -0.140. The molecule has 3 rings (SSSR count). The van der Waals surface area contributed by atoms with E-state index >= 15 is 0 Å². The molecule has 0 aliphatic carbocycles. The highest BCUT2D eigenvalue weighted by atomic mass is 19.4. The molecule has 1 aromatic rings. The summed E-state index contributed by atoms with van der Waals surface area (Å²) in [5, 5.41) is 3.27. The quantitative estimate of drug-likeness (QED) is 0.905. The number of carbonyl (C=O) groups excluding carboxylic acids is 1. The van der Waals surface area contributed by atoms with Crippen LogP contribution in [-0.2, 0) is 6.54 Å². The average molecular weight is 301 g/mol. The zero-order chi connectivity index (χ0) is 15.0. The van der Waals surface area contributed by atoms with Gasteiger partial charge in [0, 0.05) is 31.9 Å². The van der Waals surface area contributed by atoms with Gasteiger partial charge in [-0.3, -0.25) is 4.79 Å². The van der Waals surface area contributed by atoms with E-state index in [0.29, 0.717) is 12.5 Å². The molecule has 7 heteroatoms. The molecule has 0 aromatic carbocycles. The summed E-state index contributed by atoms with van der Waals surface area (Å²) >= 11 is 0. The minimum Gasteiger partial charge on any atom is -0.334 e. The molecule has 116 valence electrons. The van der Waals surface area contributed by atoms with E-state index in [2.05, 4.69) is 5.32 Å². The molecule has 0 bridgehead atoms. The number of amides is 1. The van der Waals surface area contributed by atoms with E-state index in [9.17, 15) is 18.0 Å². The van der Waals surface area contributed by atoms with Gasteiger partial charge in [-0.2, -0.15) is 13.2 Å². The van der Waals surface area contributed by atoms with E-state index in [0.717, 1.165) is 30.5 Å². The van der Waals surface area contributed by atoms with Crippen molar-refractivity contribution in [3.05, 3.63) is 24.0 Å². The van der Waals surface area contributed by atoms with Gasteiger partial charge in [-0.15, -0.1) is 0 Å². The maximum absolute atomic E-state index is 12.6. The summed E-state index contributed by atoms with van der Waals surface area (Å²) in [7, 11) is 0. The summed E-state index contributed by atoms with van der Waals surface area (Å²) in [5.41, 5.74) is 0.125. The van der Waals surface area contributed by atoms with Gasteiger partial charge in [0.1, 0.15) is 12.2 Å². The second-order valence-electron chi connectivity index (χ2n) is 5.76. The fraction of sp³-hybridized carbons (Fsp3) is 0.643. The first kappa shape index (κ1) is 14.4. The Morgan fingerprint density at radius 3 is 2.95 bits per heavy atom. The van der Waals surface area contributed by atoms with Crippen molar-refractivity contribution in [2.45, 2.75) is 31.6 Å². The Morgan fingerprint density at radius 1 is 1.38 bits per heavy atom. The summed E-state index contributed by atoms with van der Waals surface area (Å²) < 4.78 is 38.7. The monoisotopic (exact) mass is 301 g/mol. The first-order valence-corrected chi connectivity index (χ1v) is 7.19. The lowest BCUT2D eigenvalue weighted by atomic mass is 9.92.